The van der Waals surface area contributed by atoms with Crippen molar-refractivity contribution in [3.8, 4) is 0 Å². The summed E-state index contributed by atoms with van der Waals surface area (Å²) in [6.45, 7) is 4.60. The van der Waals surface area contributed by atoms with Crippen LogP contribution in [-0.4, -0.2) is 34.7 Å². The fourth-order valence-corrected chi connectivity index (χ4v) is 3.80. The number of aliphatic carboxylic acids is 1. The maximum absolute atomic E-state index is 13.4. The highest BCUT2D eigenvalue weighted by atomic mass is 19.1. The molecule has 3 N–H and O–H groups in total. The predicted octanol–water partition coefficient (Wildman–Crippen LogP) is 2.06. The van der Waals surface area contributed by atoms with Crippen LogP contribution in [-0.2, 0) is 28.7 Å². The first kappa shape index (κ1) is 23.0. The van der Waals surface area contributed by atoms with E-state index in [0.29, 0.717) is 5.56 Å². The molecule has 1 aromatic rings. The minimum absolute atomic E-state index is 0.0986. The van der Waals surface area contributed by atoms with E-state index in [2.05, 4.69) is 10.9 Å². The van der Waals surface area contributed by atoms with Crippen molar-refractivity contribution >= 4 is 23.8 Å². The molecule has 1 aliphatic heterocycles. The number of hydrogen-bond donors (Lipinski definition) is 3. The third-order valence-corrected chi connectivity index (χ3v) is 5.47. The summed E-state index contributed by atoms with van der Waals surface area (Å²) in [7, 11) is 0. The van der Waals surface area contributed by atoms with Gasteiger partial charge in [-0.25, -0.2) is 14.0 Å². The third-order valence-electron chi connectivity index (χ3n) is 5.47. The van der Waals surface area contributed by atoms with Crippen LogP contribution in [0.1, 0.15) is 45.1 Å². The van der Waals surface area contributed by atoms with Crippen LogP contribution >= 0.6 is 0 Å². The molecule has 3 rings (SSSR count). The average Bonchev–Trinajstić information content (AvgIpc) is 2.69. The Kier molecular flexibility index (Phi) is 6.07. The predicted molar refractivity (Wildman–Crippen MR) is 108 cm³/mol. The minimum atomic E-state index is -1.90. The van der Waals surface area contributed by atoms with Crippen molar-refractivity contribution in [2.75, 3.05) is 0 Å². The second-order valence-electron chi connectivity index (χ2n) is 8.17. The molecule has 0 aromatic heterocycles. The Balaban J connectivity index is 1.85. The van der Waals surface area contributed by atoms with Crippen LogP contribution in [0.4, 0.5) is 4.39 Å². The summed E-state index contributed by atoms with van der Waals surface area (Å²) in [5.41, 5.74) is 3.54. The smallest absolute Gasteiger partial charge is 0.350 e. The van der Waals surface area contributed by atoms with Gasteiger partial charge >= 0.3 is 17.9 Å². The van der Waals surface area contributed by atoms with Crippen LogP contribution in [0.5, 0.6) is 0 Å². The number of nitrogens with one attached hydrogen (secondary N) is 2. The topological polar surface area (TPSA) is 131 Å². The van der Waals surface area contributed by atoms with Crippen LogP contribution in [0, 0.1) is 11.2 Å². The number of esters is 2. The van der Waals surface area contributed by atoms with Crippen molar-refractivity contribution in [2.24, 2.45) is 5.41 Å². The highest BCUT2D eigenvalue weighted by Crippen LogP contribution is 2.47. The second kappa shape index (κ2) is 8.45. The van der Waals surface area contributed by atoms with Crippen LogP contribution in [0.15, 0.2) is 47.7 Å². The van der Waals surface area contributed by atoms with Gasteiger partial charge in [0.1, 0.15) is 5.82 Å². The Hall–Kier alpha value is -3.69. The lowest BCUT2D eigenvalue weighted by atomic mass is 9.64. The molecule has 2 atom stereocenters. The fourth-order valence-electron chi connectivity index (χ4n) is 3.80. The number of carboxylic acids is 1. The van der Waals surface area contributed by atoms with E-state index >= 15 is 0 Å². The molecular formula is C22H23FN2O7. The highest BCUT2D eigenvalue weighted by molar-refractivity contribution is 6.15. The Morgan fingerprint density at radius 2 is 1.75 bits per heavy atom. The van der Waals surface area contributed by atoms with E-state index in [0.717, 1.165) is 11.8 Å². The van der Waals surface area contributed by atoms with Gasteiger partial charge in [-0.15, -0.1) is 0 Å². The first-order valence-electron chi connectivity index (χ1n) is 9.83. The molecule has 10 heteroatoms. The monoisotopic (exact) mass is 446 g/mol. The van der Waals surface area contributed by atoms with Crippen LogP contribution in [0.3, 0.4) is 0 Å². The highest BCUT2D eigenvalue weighted by Gasteiger charge is 2.54. The molecule has 1 amide bonds. The Morgan fingerprint density at radius 3 is 2.31 bits per heavy atom. The van der Waals surface area contributed by atoms with Gasteiger partial charge in [0, 0.05) is 26.0 Å². The fraction of sp³-hybridized carbons (Fsp3) is 0.364. The number of carbonyl (C=O) groups excluding carboxylic acids is 3. The van der Waals surface area contributed by atoms with Gasteiger partial charge in [0.15, 0.2) is 11.0 Å². The molecule has 2 aliphatic rings. The number of amides is 1. The number of carboxylic acid groups (broad SMARTS) is 1. The molecule has 0 bridgehead atoms. The van der Waals surface area contributed by atoms with Gasteiger partial charge in [0.25, 0.3) is 11.7 Å². The molecule has 170 valence electrons. The SMILES string of the molecule is CC1=CC[C@](C(=O)O)(C(=O)NNC=C2C(=O)OC(C)(C)OC2=O)[C@H](c2ccc(F)cc2)C1. The van der Waals surface area contributed by atoms with E-state index in [1.807, 2.05) is 6.92 Å². The van der Waals surface area contributed by atoms with Crippen molar-refractivity contribution in [3.05, 3.63) is 59.1 Å². The second-order valence-corrected chi connectivity index (χ2v) is 8.17. The molecule has 9 nitrogen and oxygen atoms in total. The van der Waals surface area contributed by atoms with Gasteiger partial charge < -0.3 is 20.0 Å². The van der Waals surface area contributed by atoms with E-state index < -0.39 is 52.3 Å². The lowest BCUT2D eigenvalue weighted by molar-refractivity contribution is -0.222. The first-order valence-corrected chi connectivity index (χ1v) is 9.83. The number of hydrazine groups is 1. The van der Waals surface area contributed by atoms with E-state index in [9.17, 15) is 28.7 Å². The number of halogens is 1. The summed E-state index contributed by atoms with van der Waals surface area (Å²) in [5.74, 6) is -6.84. The molecule has 0 radical (unpaired) electrons. The van der Waals surface area contributed by atoms with Gasteiger partial charge in [0.2, 0.25) is 0 Å². The zero-order valence-corrected chi connectivity index (χ0v) is 17.7. The van der Waals surface area contributed by atoms with E-state index in [-0.39, 0.29) is 12.8 Å². The maximum atomic E-state index is 13.4. The largest absolute Gasteiger partial charge is 0.480 e. The van der Waals surface area contributed by atoms with E-state index in [4.69, 9.17) is 9.47 Å². The van der Waals surface area contributed by atoms with Crippen molar-refractivity contribution in [3.63, 3.8) is 0 Å². The molecule has 32 heavy (non-hydrogen) atoms. The summed E-state index contributed by atoms with van der Waals surface area (Å²) in [6.07, 6.45) is 2.73. The molecule has 0 unspecified atom stereocenters. The summed E-state index contributed by atoms with van der Waals surface area (Å²) in [6, 6.07) is 5.32. The van der Waals surface area contributed by atoms with Crippen LogP contribution < -0.4 is 10.9 Å². The molecule has 0 saturated carbocycles. The van der Waals surface area contributed by atoms with E-state index in [1.54, 1.807) is 6.08 Å². The third kappa shape index (κ3) is 4.34. The average molecular weight is 446 g/mol. The van der Waals surface area contributed by atoms with Crippen molar-refractivity contribution < 1.29 is 38.1 Å². The van der Waals surface area contributed by atoms with Gasteiger partial charge in [-0.1, -0.05) is 23.8 Å². The Labute approximate surface area is 183 Å². The Morgan fingerprint density at radius 1 is 1.16 bits per heavy atom. The van der Waals surface area contributed by atoms with Gasteiger partial charge in [-0.05, 0) is 37.5 Å². The van der Waals surface area contributed by atoms with Crippen LogP contribution in [0.2, 0.25) is 0 Å². The van der Waals surface area contributed by atoms with Crippen molar-refractivity contribution in [1.29, 1.82) is 0 Å². The lowest BCUT2D eigenvalue weighted by Crippen LogP contribution is -2.54. The number of hydrogen-bond acceptors (Lipinski definition) is 7. The number of benzene rings is 1. The van der Waals surface area contributed by atoms with Crippen molar-refractivity contribution in [2.45, 2.75) is 45.3 Å². The van der Waals surface area contributed by atoms with Gasteiger partial charge in [-0.2, -0.15) is 0 Å². The maximum Gasteiger partial charge on any atom is 0.350 e. The standard InChI is InChI=1S/C22H23FN2O7/c1-12-8-9-22(20(29)30,16(10-12)13-4-6-14(23)7-5-13)19(28)25-24-11-15-17(26)31-21(2,3)32-18(15)27/h4-8,11,16,24H,9-10H2,1-3H3,(H,25,28)(H,29,30)/t16-,22+/m0/s1. The zero-order chi connectivity index (χ0) is 23.7. The summed E-state index contributed by atoms with van der Waals surface area (Å²) >= 11 is 0. The van der Waals surface area contributed by atoms with Crippen LogP contribution in [0.25, 0.3) is 0 Å². The van der Waals surface area contributed by atoms with E-state index in [1.165, 1.54) is 38.1 Å². The summed E-state index contributed by atoms with van der Waals surface area (Å²) in [5, 5.41) is 10.1. The molecular weight excluding hydrogens is 423 g/mol. The molecule has 1 aromatic carbocycles. The minimum Gasteiger partial charge on any atom is -0.480 e. The Bertz CT molecular complexity index is 1010. The number of carbonyl (C=O) groups is 4. The molecule has 1 fully saturated rings. The quantitative estimate of drug-likeness (QED) is 0.156. The number of cyclic esters (lactones) is 2. The molecule has 1 heterocycles. The molecule has 1 saturated heterocycles. The normalized spacial score (nSPS) is 24.6. The van der Waals surface area contributed by atoms with Gasteiger partial charge in [0.05, 0.1) is 0 Å². The number of allylic oxidation sites excluding steroid dienone is 2. The molecule has 1 aliphatic carbocycles. The van der Waals surface area contributed by atoms with Crippen molar-refractivity contribution in [1.82, 2.24) is 10.9 Å². The number of ether oxygens (including phenoxy) is 2. The lowest BCUT2D eigenvalue weighted by Gasteiger charge is -2.38. The molecule has 0 spiro atoms. The van der Waals surface area contributed by atoms with Gasteiger partial charge in [-0.3, -0.25) is 15.0 Å². The first-order chi connectivity index (χ1) is 15.0. The number of rotatable bonds is 5. The summed E-state index contributed by atoms with van der Waals surface area (Å²) < 4.78 is 23.3. The zero-order valence-electron chi connectivity index (χ0n) is 17.7. The summed E-state index contributed by atoms with van der Waals surface area (Å²) in [4.78, 5) is 49.5.